The Kier molecular flexibility index (Phi) is 3.41. The second kappa shape index (κ2) is 5.94. The molecule has 11 heteroatoms. The zero-order valence-corrected chi connectivity index (χ0v) is 14.6. The van der Waals surface area contributed by atoms with Crippen molar-refractivity contribution < 1.29 is 4.92 Å². The molecule has 0 saturated heterocycles. The summed E-state index contributed by atoms with van der Waals surface area (Å²) < 4.78 is 4.78. The Morgan fingerprint density at radius 1 is 1.11 bits per heavy atom. The van der Waals surface area contributed by atoms with Crippen molar-refractivity contribution in [3.05, 3.63) is 71.2 Å². The molecule has 5 rings (SSSR count). The summed E-state index contributed by atoms with van der Waals surface area (Å²) in [5, 5.41) is 24.6. The molecule has 0 spiro atoms. The van der Waals surface area contributed by atoms with Crippen LogP contribution in [-0.4, -0.2) is 44.1 Å². The standard InChI is InChI=1S/C17H13N9O2/c1-11(23-9-13(7-19-23)26(27)28)15-21-17-14-8-20-25(12-5-3-2-4-6-12)16(14)18-10-24(17)22-15/h2-11H,1H3/t11-/m1/s1. The maximum Gasteiger partial charge on any atom is 0.307 e. The molecule has 4 heterocycles. The molecular formula is C17H13N9O2. The third-order valence-electron chi connectivity index (χ3n) is 4.49. The number of fused-ring (bicyclic) bond motifs is 3. The fourth-order valence-corrected chi connectivity index (χ4v) is 3.02. The fourth-order valence-electron chi connectivity index (χ4n) is 3.02. The van der Waals surface area contributed by atoms with Crippen molar-refractivity contribution in [2.75, 3.05) is 0 Å². The van der Waals surface area contributed by atoms with E-state index in [1.165, 1.54) is 17.1 Å². The highest BCUT2D eigenvalue weighted by Gasteiger charge is 2.20. The van der Waals surface area contributed by atoms with Crippen molar-refractivity contribution in [3.8, 4) is 5.69 Å². The Morgan fingerprint density at radius 2 is 1.93 bits per heavy atom. The van der Waals surface area contributed by atoms with Gasteiger partial charge in [-0.25, -0.2) is 19.2 Å². The molecule has 1 aromatic carbocycles. The molecule has 4 aromatic heterocycles. The van der Waals surface area contributed by atoms with Gasteiger partial charge in [-0.15, -0.1) is 5.10 Å². The van der Waals surface area contributed by atoms with E-state index in [-0.39, 0.29) is 11.7 Å². The van der Waals surface area contributed by atoms with Crippen LogP contribution in [0.4, 0.5) is 5.69 Å². The van der Waals surface area contributed by atoms with Gasteiger partial charge in [-0.1, -0.05) is 18.2 Å². The van der Waals surface area contributed by atoms with Gasteiger partial charge in [0.1, 0.15) is 24.8 Å². The van der Waals surface area contributed by atoms with Gasteiger partial charge in [0.2, 0.25) is 0 Å². The maximum absolute atomic E-state index is 10.9. The lowest BCUT2D eigenvalue weighted by atomic mass is 10.3. The van der Waals surface area contributed by atoms with Gasteiger partial charge in [0.15, 0.2) is 17.1 Å². The highest BCUT2D eigenvalue weighted by atomic mass is 16.6. The Balaban J connectivity index is 1.60. The van der Waals surface area contributed by atoms with Crippen LogP contribution in [0.2, 0.25) is 0 Å². The number of para-hydroxylation sites is 1. The fraction of sp³-hybridized carbons (Fsp3) is 0.118. The monoisotopic (exact) mass is 375 g/mol. The molecule has 0 radical (unpaired) electrons. The summed E-state index contributed by atoms with van der Waals surface area (Å²) in [6.45, 7) is 1.82. The van der Waals surface area contributed by atoms with E-state index < -0.39 is 4.92 Å². The van der Waals surface area contributed by atoms with Crippen molar-refractivity contribution in [3.63, 3.8) is 0 Å². The van der Waals surface area contributed by atoms with Gasteiger partial charge < -0.3 is 0 Å². The summed E-state index contributed by atoms with van der Waals surface area (Å²) in [5.41, 5.74) is 2.09. The Labute approximate surface area is 157 Å². The molecule has 0 amide bonds. The van der Waals surface area contributed by atoms with Crippen molar-refractivity contribution in [1.29, 1.82) is 0 Å². The molecule has 0 aliphatic heterocycles. The van der Waals surface area contributed by atoms with E-state index in [1.807, 2.05) is 37.3 Å². The molecule has 0 bridgehead atoms. The number of aromatic nitrogens is 8. The van der Waals surface area contributed by atoms with Crippen molar-refractivity contribution in [1.82, 2.24) is 39.1 Å². The summed E-state index contributed by atoms with van der Waals surface area (Å²) in [6.07, 6.45) is 5.84. The van der Waals surface area contributed by atoms with E-state index in [1.54, 1.807) is 21.7 Å². The molecule has 5 aromatic rings. The first kappa shape index (κ1) is 16.1. The Hall–Kier alpha value is -4.15. The number of nitro groups is 1. The zero-order chi connectivity index (χ0) is 19.3. The first-order chi connectivity index (χ1) is 13.6. The van der Waals surface area contributed by atoms with Crippen molar-refractivity contribution >= 4 is 22.4 Å². The summed E-state index contributed by atoms with van der Waals surface area (Å²) in [7, 11) is 0. The van der Waals surface area contributed by atoms with Crippen molar-refractivity contribution in [2.24, 2.45) is 0 Å². The van der Waals surface area contributed by atoms with Gasteiger partial charge in [-0.3, -0.25) is 14.8 Å². The quantitative estimate of drug-likeness (QED) is 0.348. The molecular weight excluding hydrogens is 362 g/mol. The number of benzene rings is 1. The minimum absolute atomic E-state index is 0.0798. The lowest BCUT2D eigenvalue weighted by Crippen LogP contribution is -2.09. The van der Waals surface area contributed by atoms with E-state index in [9.17, 15) is 10.1 Å². The lowest BCUT2D eigenvalue weighted by molar-refractivity contribution is -0.385. The van der Waals surface area contributed by atoms with Crippen LogP contribution in [0.1, 0.15) is 18.8 Å². The van der Waals surface area contributed by atoms with E-state index in [0.717, 1.165) is 11.1 Å². The third kappa shape index (κ3) is 2.40. The zero-order valence-electron chi connectivity index (χ0n) is 14.6. The van der Waals surface area contributed by atoms with Crippen molar-refractivity contribution in [2.45, 2.75) is 13.0 Å². The van der Waals surface area contributed by atoms with E-state index in [0.29, 0.717) is 17.1 Å². The van der Waals surface area contributed by atoms with Gasteiger partial charge in [-0.05, 0) is 19.1 Å². The van der Waals surface area contributed by atoms with Crippen LogP contribution in [0.15, 0.2) is 55.2 Å². The third-order valence-corrected chi connectivity index (χ3v) is 4.49. The molecule has 0 aliphatic carbocycles. The average Bonchev–Trinajstić information content (AvgIpc) is 3.44. The second-order valence-electron chi connectivity index (χ2n) is 6.22. The first-order valence-electron chi connectivity index (χ1n) is 8.45. The van der Waals surface area contributed by atoms with Crippen LogP contribution < -0.4 is 0 Å². The topological polar surface area (TPSA) is 122 Å². The first-order valence-corrected chi connectivity index (χ1v) is 8.45. The number of nitrogens with zero attached hydrogens (tertiary/aromatic N) is 9. The largest absolute Gasteiger partial charge is 0.307 e. The number of rotatable bonds is 4. The van der Waals surface area contributed by atoms with Gasteiger partial charge in [0.25, 0.3) is 0 Å². The molecule has 138 valence electrons. The molecule has 11 nitrogen and oxygen atoms in total. The molecule has 0 saturated carbocycles. The summed E-state index contributed by atoms with van der Waals surface area (Å²) in [5.74, 6) is 0.472. The average molecular weight is 375 g/mol. The number of hydrogen-bond acceptors (Lipinski definition) is 7. The van der Waals surface area contributed by atoms with Crippen LogP contribution in [0.3, 0.4) is 0 Å². The normalized spacial score (nSPS) is 12.6. The van der Waals surface area contributed by atoms with Gasteiger partial charge in [-0.2, -0.15) is 10.2 Å². The summed E-state index contributed by atoms with van der Waals surface area (Å²) in [4.78, 5) is 19.5. The highest BCUT2D eigenvalue weighted by molar-refractivity contribution is 5.89. The lowest BCUT2D eigenvalue weighted by Gasteiger charge is -2.05. The van der Waals surface area contributed by atoms with Gasteiger partial charge in [0, 0.05) is 0 Å². The van der Waals surface area contributed by atoms with E-state index in [4.69, 9.17) is 0 Å². The van der Waals surface area contributed by atoms with Crippen LogP contribution in [0, 0.1) is 10.1 Å². The molecule has 0 aliphatic rings. The summed E-state index contributed by atoms with van der Waals surface area (Å²) >= 11 is 0. The molecule has 28 heavy (non-hydrogen) atoms. The number of hydrogen-bond donors (Lipinski definition) is 0. The van der Waals surface area contributed by atoms with Crippen LogP contribution in [0.25, 0.3) is 22.4 Å². The Morgan fingerprint density at radius 3 is 2.68 bits per heavy atom. The molecule has 1 atom stereocenters. The maximum atomic E-state index is 10.9. The summed E-state index contributed by atoms with van der Waals surface area (Å²) in [6, 6.07) is 9.31. The smallest absolute Gasteiger partial charge is 0.258 e. The van der Waals surface area contributed by atoms with E-state index >= 15 is 0 Å². The van der Waals surface area contributed by atoms with Crippen LogP contribution in [-0.2, 0) is 0 Å². The van der Waals surface area contributed by atoms with Gasteiger partial charge >= 0.3 is 5.69 Å². The SMILES string of the molecule is C[C@H](c1nc2c3cnn(-c4ccccc4)c3ncn2n1)n1cc([N+](=O)[O-])cn1. The molecule has 0 unspecified atom stereocenters. The highest BCUT2D eigenvalue weighted by Crippen LogP contribution is 2.22. The Bertz CT molecular complexity index is 1320. The van der Waals surface area contributed by atoms with E-state index in [2.05, 4.69) is 25.3 Å². The molecule has 0 N–H and O–H groups in total. The predicted octanol–water partition coefficient (Wildman–Crippen LogP) is 2.18. The predicted molar refractivity (Wildman–Crippen MR) is 98.1 cm³/mol. The second-order valence-corrected chi connectivity index (χ2v) is 6.22. The van der Waals surface area contributed by atoms with Gasteiger partial charge in [0.05, 0.1) is 22.2 Å². The van der Waals surface area contributed by atoms with Crippen LogP contribution in [0.5, 0.6) is 0 Å². The minimum Gasteiger partial charge on any atom is -0.258 e. The minimum atomic E-state index is -0.487. The van der Waals surface area contributed by atoms with Crippen LogP contribution >= 0.6 is 0 Å². The molecule has 0 fully saturated rings.